The first-order valence-corrected chi connectivity index (χ1v) is 8.58. The zero-order chi connectivity index (χ0) is 14.7. The molecular formula is C14H21N3O3S. The number of ether oxygens (including phenoxy) is 1. The maximum absolute atomic E-state index is 10.7. The normalized spacial score (nSPS) is 18.1. The molecule has 0 bridgehead atoms. The summed E-state index contributed by atoms with van der Waals surface area (Å²) >= 11 is 1.25. The molecule has 21 heavy (non-hydrogen) atoms. The molecule has 1 aromatic heterocycles. The van der Waals surface area contributed by atoms with Crippen molar-refractivity contribution < 1.29 is 14.6 Å². The number of aliphatic carboxylic acids is 1. The van der Waals surface area contributed by atoms with E-state index in [-0.39, 0.29) is 5.75 Å². The molecule has 0 unspecified atom stereocenters. The summed E-state index contributed by atoms with van der Waals surface area (Å²) in [5, 5.41) is 17.9. The number of hydrogen-bond donors (Lipinski definition) is 1. The number of carbonyl (C=O) groups is 1. The largest absolute Gasteiger partial charge is 0.481 e. The van der Waals surface area contributed by atoms with E-state index in [1.165, 1.54) is 37.4 Å². The number of hydrogen-bond acceptors (Lipinski definition) is 5. The first-order valence-electron chi connectivity index (χ1n) is 7.59. The van der Waals surface area contributed by atoms with Crippen LogP contribution in [0.5, 0.6) is 0 Å². The van der Waals surface area contributed by atoms with Crippen LogP contribution in [0.3, 0.4) is 0 Å². The maximum Gasteiger partial charge on any atom is 0.313 e. The summed E-state index contributed by atoms with van der Waals surface area (Å²) in [7, 11) is 0. The van der Waals surface area contributed by atoms with E-state index in [4.69, 9.17) is 9.84 Å². The van der Waals surface area contributed by atoms with Crippen LogP contribution in [0, 0.1) is 5.92 Å². The van der Waals surface area contributed by atoms with Gasteiger partial charge in [-0.2, -0.15) is 0 Å². The van der Waals surface area contributed by atoms with Gasteiger partial charge in [-0.1, -0.05) is 11.8 Å². The summed E-state index contributed by atoms with van der Waals surface area (Å²) in [6, 6.07) is 0. The molecule has 1 aromatic rings. The third-order valence-corrected chi connectivity index (χ3v) is 4.69. The third kappa shape index (κ3) is 4.44. The molecular weight excluding hydrogens is 290 g/mol. The summed E-state index contributed by atoms with van der Waals surface area (Å²) in [6.45, 7) is 2.45. The number of thioether (sulfide) groups is 1. The molecule has 7 heteroatoms. The average molecular weight is 311 g/mol. The molecule has 0 amide bonds. The monoisotopic (exact) mass is 311 g/mol. The molecule has 0 aliphatic heterocycles. The highest BCUT2D eigenvalue weighted by Gasteiger charge is 2.30. The number of rotatable bonds is 10. The van der Waals surface area contributed by atoms with Crippen LogP contribution in [0.25, 0.3) is 0 Å². The van der Waals surface area contributed by atoms with Gasteiger partial charge in [0.15, 0.2) is 5.16 Å². The van der Waals surface area contributed by atoms with Crippen molar-refractivity contribution in [2.75, 3.05) is 19.0 Å². The lowest BCUT2D eigenvalue weighted by molar-refractivity contribution is -0.133. The van der Waals surface area contributed by atoms with Crippen molar-refractivity contribution in [2.24, 2.45) is 5.92 Å². The number of aromatic nitrogens is 3. The SMILES string of the molecule is O=C(O)CSc1nnc(C2CC2)n1CCCOCC1CC1. The zero-order valence-corrected chi connectivity index (χ0v) is 12.8. The summed E-state index contributed by atoms with van der Waals surface area (Å²) in [5.74, 6) is 1.54. The molecule has 0 saturated heterocycles. The van der Waals surface area contributed by atoms with E-state index in [1.807, 2.05) is 0 Å². The minimum atomic E-state index is -0.824. The number of carboxylic acids is 1. The van der Waals surface area contributed by atoms with E-state index in [0.29, 0.717) is 5.92 Å². The topological polar surface area (TPSA) is 77.2 Å². The van der Waals surface area contributed by atoms with Crippen LogP contribution in [0.1, 0.15) is 43.8 Å². The lowest BCUT2D eigenvalue weighted by atomic mass is 10.3. The van der Waals surface area contributed by atoms with Crippen molar-refractivity contribution >= 4 is 17.7 Å². The van der Waals surface area contributed by atoms with E-state index >= 15 is 0 Å². The predicted molar refractivity (Wildman–Crippen MR) is 78.5 cm³/mol. The number of nitrogens with zero attached hydrogens (tertiary/aromatic N) is 3. The lowest BCUT2D eigenvalue weighted by Crippen LogP contribution is -2.09. The molecule has 1 N–H and O–H groups in total. The van der Waals surface area contributed by atoms with Gasteiger partial charge in [0.05, 0.1) is 5.75 Å². The van der Waals surface area contributed by atoms with E-state index in [0.717, 1.165) is 43.1 Å². The highest BCUT2D eigenvalue weighted by Crippen LogP contribution is 2.40. The Morgan fingerprint density at radius 2 is 2.14 bits per heavy atom. The Morgan fingerprint density at radius 1 is 1.33 bits per heavy atom. The van der Waals surface area contributed by atoms with Crippen molar-refractivity contribution in [3.8, 4) is 0 Å². The molecule has 1 heterocycles. The Kier molecular flexibility index (Phi) is 4.80. The molecule has 2 aliphatic carbocycles. The van der Waals surface area contributed by atoms with Crippen molar-refractivity contribution in [3.05, 3.63) is 5.82 Å². The van der Waals surface area contributed by atoms with Gasteiger partial charge < -0.3 is 14.4 Å². The fourth-order valence-electron chi connectivity index (χ4n) is 2.25. The Hall–Kier alpha value is -1.08. The molecule has 0 radical (unpaired) electrons. The van der Waals surface area contributed by atoms with Gasteiger partial charge in [0.2, 0.25) is 0 Å². The van der Waals surface area contributed by atoms with Crippen LogP contribution in [0.4, 0.5) is 0 Å². The van der Waals surface area contributed by atoms with Crippen LogP contribution >= 0.6 is 11.8 Å². The molecule has 2 saturated carbocycles. The lowest BCUT2D eigenvalue weighted by Gasteiger charge is -2.09. The summed E-state index contributed by atoms with van der Waals surface area (Å²) in [6.07, 6.45) is 5.88. The molecule has 2 aliphatic rings. The summed E-state index contributed by atoms with van der Waals surface area (Å²) in [5.41, 5.74) is 0. The second kappa shape index (κ2) is 6.79. The van der Waals surface area contributed by atoms with Crippen molar-refractivity contribution in [3.63, 3.8) is 0 Å². The van der Waals surface area contributed by atoms with Gasteiger partial charge in [0, 0.05) is 25.7 Å². The first-order chi connectivity index (χ1) is 10.2. The van der Waals surface area contributed by atoms with Crippen LogP contribution in [0.15, 0.2) is 5.16 Å². The maximum atomic E-state index is 10.7. The number of carboxylic acid groups (broad SMARTS) is 1. The quantitative estimate of drug-likeness (QED) is 0.527. The average Bonchev–Trinajstić information content (AvgIpc) is 3.36. The van der Waals surface area contributed by atoms with Crippen molar-refractivity contribution in [1.82, 2.24) is 14.8 Å². The van der Waals surface area contributed by atoms with Gasteiger partial charge in [-0.05, 0) is 38.0 Å². The van der Waals surface area contributed by atoms with Gasteiger partial charge in [-0.3, -0.25) is 4.79 Å². The summed E-state index contributed by atoms with van der Waals surface area (Å²) in [4.78, 5) is 10.7. The molecule has 3 rings (SSSR count). The van der Waals surface area contributed by atoms with Crippen molar-refractivity contribution in [1.29, 1.82) is 0 Å². The van der Waals surface area contributed by atoms with Crippen LogP contribution in [-0.4, -0.2) is 44.8 Å². The smallest absolute Gasteiger partial charge is 0.313 e. The standard InChI is InChI=1S/C14H21N3O3S/c18-12(19)9-21-14-16-15-13(11-4-5-11)17(14)6-1-7-20-8-10-2-3-10/h10-11H,1-9H2,(H,18,19). The van der Waals surface area contributed by atoms with Crippen LogP contribution in [0.2, 0.25) is 0 Å². The Balaban J connectivity index is 1.52. The van der Waals surface area contributed by atoms with Gasteiger partial charge in [-0.15, -0.1) is 10.2 Å². The fraction of sp³-hybridized carbons (Fsp3) is 0.786. The molecule has 0 aromatic carbocycles. The zero-order valence-electron chi connectivity index (χ0n) is 12.0. The minimum Gasteiger partial charge on any atom is -0.481 e. The van der Waals surface area contributed by atoms with Crippen LogP contribution < -0.4 is 0 Å². The van der Waals surface area contributed by atoms with Crippen molar-refractivity contribution in [2.45, 2.75) is 49.7 Å². The second-order valence-electron chi connectivity index (χ2n) is 5.82. The Labute approximate surface area is 128 Å². The molecule has 0 spiro atoms. The Bertz CT molecular complexity index is 498. The highest BCUT2D eigenvalue weighted by molar-refractivity contribution is 7.99. The van der Waals surface area contributed by atoms with E-state index < -0.39 is 5.97 Å². The summed E-state index contributed by atoms with van der Waals surface area (Å²) < 4.78 is 7.74. The third-order valence-electron chi connectivity index (χ3n) is 3.73. The fourth-order valence-corrected chi connectivity index (χ4v) is 2.94. The minimum absolute atomic E-state index is 0.0287. The van der Waals surface area contributed by atoms with Gasteiger partial charge >= 0.3 is 5.97 Å². The molecule has 116 valence electrons. The second-order valence-corrected chi connectivity index (χ2v) is 6.76. The van der Waals surface area contributed by atoms with Crippen LogP contribution in [-0.2, 0) is 16.1 Å². The van der Waals surface area contributed by atoms with Gasteiger partial charge in [0.1, 0.15) is 5.82 Å². The Morgan fingerprint density at radius 3 is 2.81 bits per heavy atom. The highest BCUT2D eigenvalue weighted by atomic mass is 32.2. The van der Waals surface area contributed by atoms with Gasteiger partial charge in [-0.25, -0.2) is 0 Å². The van der Waals surface area contributed by atoms with E-state index in [2.05, 4.69) is 14.8 Å². The van der Waals surface area contributed by atoms with E-state index in [1.54, 1.807) is 0 Å². The molecule has 2 fully saturated rings. The first kappa shape index (κ1) is 14.8. The predicted octanol–water partition coefficient (Wildman–Crippen LogP) is 2.15. The van der Waals surface area contributed by atoms with Gasteiger partial charge in [0.25, 0.3) is 0 Å². The van der Waals surface area contributed by atoms with E-state index in [9.17, 15) is 4.79 Å². The molecule has 0 atom stereocenters. The molecule has 6 nitrogen and oxygen atoms in total.